The molecule has 3 heteroatoms. The van der Waals surface area contributed by atoms with Gasteiger partial charge < -0.3 is 0 Å². The number of rotatable bonds is 1. The molecule has 3 nitrogen and oxygen atoms in total. The molecular weight excluding hydrogens is 70.0 g/mol. The van der Waals surface area contributed by atoms with Gasteiger partial charge >= 0.3 is 0 Å². The van der Waals surface area contributed by atoms with Crippen molar-refractivity contribution in [2.75, 3.05) is 6.50 Å². The second-order valence-corrected chi connectivity index (χ2v) is 0.481. The van der Waals surface area contributed by atoms with Gasteiger partial charge in [-0.3, -0.25) is 10.1 Å². The van der Waals surface area contributed by atoms with E-state index in [0.717, 1.165) is 6.92 Å². The van der Waals surface area contributed by atoms with E-state index in [1.54, 1.807) is 0 Å². The van der Waals surface area contributed by atoms with Crippen molar-refractivity contribution in [2.24, 2.45) is 0 Å². The van der Waals surface area contributed by atoms with E-state index in [-0.39, 0.29) is 0 Å². The predicted octanol–water partition coefficient (Wildman–Crippen LogP) is 0.283. The van der Waals surface area contributed by atoms with E-state index in [1.165, 1.54) is 0 Å². The molecule has 0 unspecified atom stereocenters. The Hall–Kier alpha value is -0.600. The van der Waals surface area contributed by atoms with Crippen LogP contribution < -0.4 is 0 Å². The lowest BCUT2D eigenvalue weighted by Crippen LogP contribution is -1.92. The quantitative estimate of drug-likeness (QED) is 0.333. The Balaban J connectivity index is 3.79. The van der Waals surface area contributed by atoms with Crippen LogP contribution in [-0.4, -0.2) is 11.4 Å². The first-order chi connectivity index (χ1) is 2.94. The van der Waals surface area contributed by atoms with Gasteiger partial charge in [0.15, 0.2) is 0 Å². The van der Waals surface area contributed by atoms with Gasteiger partial charge in [0.25, 0.3) is 0 Å². The second-order valence-electron chi connectivity index (χ2n) is 0.481. The maximum absolute atomic E-state index is 9.45. The molecule has 0 aliphatic rings. The van der Waals surface area contributed by atoms with Gasteiger partial charge in [-0.2, -0.15) is 0 Å². The fraction of sp³-hybridized carbons (Fsp3) is 1.00. The summed E-state index contributed by atoms with van der Waals surface area (Å²) < 4.78 is 12.7. The third-order valence-corrected chi connectivity index (χ3v) is 0.183. The monoisotopic (exact) mass is 77.0 g/mol. The van der Waals surface area contributed by atoms with Crippen molar-refractivity contribution < 1.29 is 7.66 Å². The molecule has 0 aromatic rings. The second kappa shape index (κ2) is 1.69. The van der Waals surface area contributed by atoms with E-state index in [9.17, 15) is 10.1 Å². The van der Waals surface area contributed by atoms with Crippen molar-refractivity contribution in [1.29, 1.82) is 0 Å². The van der Waals surface area contributed by atoms with Crippen LogP contribution in [0.15, 0.2) is 0 Å². The maximum atomic E-state index is 9.45. The van der Waals surface area contributed by atoms with Crippen LogP contribution in [0.1, 0.15) is 9.67 Å². The Morgan fingerprint density at radius 2 is 2.60 bits per heavy atom. The molecule has 0 aliphatic heterocycles. The van der Waals surface area contributed by atoms with E-state index in [4.69, 9.17) is 2.74 Å². The zero-order valence-electron chi connectivity index (χ0n) is 4.76. The van der Waals surface area contributed by atoms with Gasteiger partial charge in [0, 0.05) is 11.8 Å². The van der Waals surface area contributed by atoms with Crippen LogP contribution in [0.3, 0.4) is 0 Å². The normalized spacial score (nSPS) is 16.2. The maximum Gasteiger partial charge on any atom is 0.201 e. The molecule has 0 atom stereocenters. The van der Waals surface area contributed by atoms with Gasteiger partial charge in [0.05, 0.1) is 0 Å². The fourth-order valence-corrected chi connectivity index (χ4v) is 0. The van der Waals surface area contributed by atoms with Gasteiger partial charge in [0.2, 0.25) is 6.50 Å². The summed E-state index contributed by atoms with van der Waals surface area (Å²) in [5.41, 5.74) is 0. The summed E-state index contributed by atoms with van der Waals surface area (Å²) in [6.45, 7) is -1.38. The third-order valence-electron chi connectivity index (χ3n) is 0.183. The molecule has 0 aliphatic carbocycles. The molecule has 30 valence electrons. The molecule has 0 saturated heterocycles. The molecule has 0 aromatic heterocycles. The minimum Gasteiger partial charge on any atom is -0.265 e. The highest BCUT2D eigenvalue weighted by Crippen LogP contribution is 1.57. The molecule has 0 fully saturated rings. The molecule has 0 amide bonds. The minimum atomic E-state index is -2.28. The predicted molar refractivity (Wildman–Crippen MR) is 17.5 cm³/mol. The Kier molecular flexibility index (Phi) is 0.591. The molecule has 0 aromatic carbocycles. The molecule has 5 heavy (non-hydrogen) atoms. The average Bonchev–Trinajstić information content (AvgIpc) is 1.31. The molecule has 0 bridgehead atoms. The largest absolute Gasteiger partial charge is 0.265 e. The van der Waals surface area contributed by atoms with Gasteiger partial charge in [-0.15, -0.1) is 0 Å². The molecule has 0 saturated carbocycles. The lowest BCUT2D eigenvalue weighted by molar-refractivity contribution is -0.475. The zero-order chi connectivity index (χ0) is 6.08. The van der Waals surface area contributed by atoms with Crippen LogP contribution in [0.25, 0.3) is 0 Å². The van der Waals surface area contributed by atoms with E-state index in [1.807, 2.05) is 0 Å². The van der Waals surface area contributed by atoms with E-state index in [2.05, 4.69) is 0 Å². The van der Waals surface area contributed by atoms with Crippen molar-refractivity contribution in [3.05, 3.63) is 10.1 Å². The average molecular weight is 77.1 g/mol. The number of hydrogen-bond acceptors (Lipinski definition) is 2. The van der Waals surface area contributed by atoms with Crippen LogP contribution in [0.4, 0.5) is 0 Å². The van der Waals surface area contributed by atoms with E-state index < -0.39 is 11.4 Å². The Labute approximate surface area is 32.6 Å². The highest BCUT2D eigenvalue weighted by Gasteiger charge is 1.76. The summed E-state index contributed by atoms with van der Waals surface area (Å²) in [5.74, 6) is 0. The van der Waals surface area contributed by atoms with E-state index in [0.29, 0.717) is 0 Å². The molecular formula is C2H5NO2. The first-order valence-electron chi connectivity index (χ1n) is 2.09. The number of nitro groups is 1. The van der Waals surface area contributed by atoms with Crippen LogP contribution in [-0.2, 0) is 0 Å². The topological polar surface area (TPSA) is 43.1 Å². The number of nitrogens with zero attached hydrogens (tertiary/aromatic N) is 1. The summed E-state index contributed by atoms with van der Waals surface area (Å²) in [6.07, 6.45) is 0. The third kappa shape index (κ3) is 3.40. The standard InChI is InChI=1S/C2H5NO2/c1-2-3(4)5/h2H2,1H3/i2D2. The Morgan fingerprint density at radius 3 is 2.60 bits per heavy atom. The first-order valence-corrected chi connectivity index (χ1v) is 1.09. The van der Waals surface area contributed by atoms with Crippen LogP contribution >= 0.6 is 0 Å². The highest BCUT2D eigenvalue weighted by molar-refractivity contribution is 4.04. The molecule has 0 heterocycles. The van der Waals surface area contributed by atoms with Crippen molar-refractivity contribution in [1.82, 2.24) is 0 Å². The van der Waals surface area contributed by atoms with Gasteiger partial charge in [-0.05, 0) is 0 Å². The summed E-state index contributed by atoms with van der Waals surface area (Å²) in [6, 6.07) is 0. The molecule has 0 rings (SSSR count). The van der Waals surface area contributed by atoms with Crippen LogP contribution in [0.5, 0.6) is 0 Å². The van der Waals surface area contributed by atoms with Crippen molar-refractivity contribution in [3.63, 3.8) is 0 Å². The Morgan fingerprint density at radius 1 is 2.40 bits per heavy atom. The van der Waals surface area contributed by atoms with E-state index >= 15 is 0 Å². The van der Waals surface area contributed by atoms with Gasteiger partial charge in [0.1, 0.15) is 2.74 Å². The summed E-state index contributed by atoms with van der Waals surface area (Å²) in [5, 5.41) is 9.45. The van der Waals surface area contributed by atoms with Gasteiger partial charge in [-0.1, -0.05) is 0 Å². The lowest BCUT2D eigenvalue weighted by Gasteiger charge is -1.73. The minimum absolute atomic E-state index is 0.896. The van der Waals surface area contributed by atoms with Crippen LogP contribution in [0, 0.1) is 10.1 Å². The summed E-state index contributed by atoms with van der Waals surface area (Å²) in [4.78, 5) is 8.47. The van der Waals surface area contributed by atoms with Crippen molar-refractivity contribution in [3.8, 4) is 0 Å². The lowest BCUT2D eigenvalue weighted by atomic mass is 10.8. The molecule has 0 N–H and O–H groups in total. The smallest absolute Gasteiger partial charge is 0.201 e. The Bertz CT molecular complexity index is 86.2. The number of hydrogen-bond donors (Lipinski definition) is 0. The first kappa shape index (κ1) is 1.74. The van der Waals surface area contributed by atoms with Gasteiger partial charge in [-0.25, -0.2) is 0 Å². The van der Waals surface area contributed by atoms with Crippen molar-refractivity contribution in [2.45, 2.75) is 6.92 Å². The van der Waals surface area contributed by atoms with Crippen molar-refractivity contribution >= 4 is 0 Å². The highest BCUT2D eigenvalue weighted by atomic mass is 16.6. The SMILES string of the molecule is [2H]C([2H])(C)[N+](=O)[O-]. The fourth-order valence-electron chi connectivity index (χ4n) is 0. The summed E-state index contributed by atoms with van der Waals surface area (Å²) >= 11 is 0. The molecule has 0 radical (unpaired) electrons. The van der Waals surface area contributed by atoms with Crippen LogP contribution in [0.2, 0.25) is 0 Å². The molecule has 0 spiro atoms. The zero-order valence-corrected chi connectivity index (χ0v) is 2.76. The summed E-state index contributed by atoms with van der Waals surface area (Å²) in [7, 11) is 0.